The zero-order valence-electron chi connectivity index (χ0n) is 21.9. The average Bonchev–Trinajstić information content (AvgIpc) is 3.59. The van der Waals surface area contributed by atoms with E-state index in [1.54, 1.807) is 18.3 Å². The molecular formula is C30H27FN4O4S. The van der Waals surface area contributed by atoms with Gasteiger partial charge >= 0.3 is 10.5 Å². The molecule has 0 unspecified atom stereocenters. The van der Waals surface area contributed by atoms with Crippen LogP contribution in [0, 0.1) is 11.3 Å². The fourth-order valence-corrected chi connectivity index (χ4v) is 6.36. The maximum absolute atomic E-state index is 14.1. The number of aryl methyl sites for hydroxylation is 1. The lowest BCUT2D eigenvalue weighted by Gasteiger charge is -2.21. The number of fused-ring (bicyclic) bond motifs is 4. The van der Waals surface area contributed by atoms with Crippen molar-refractivity contribution in [1.29, 1.82) is 5.26 Å². The molecule has 0 atom stereocenters. The molecule has 40 heavy (non-hydrogen) atoms. The number of aromatic nitrogens is 3. The monoisotopic (exact) mass is 558 g/mol. The Kier molecular flexibility index (Phi) is 6.55. The van der Waals surface area contributed by atoms with E-state index in [1.165, 1.54) is 6.07 Å². The van der Waals surface area contributed by atoms with Crippen molar-refractivity contribution in [3.05, 3.63) is 70.1 Å². The first-order valence-electron chi connectivity index (χ1n) is 13.4. The largest absolute Gasteiger partial charge is 0.488 e. The SMILES string of the molecule is CCCCc1cc2c(=O)c3c4ccc(C#N)cc4[nH]c3n(C3CCCC3)c2cc1-c1cncc(OS(=O)(=O)F)c1. The summed E-state index contributed by atoms with van der Waals surface area (Å²) in [6, 6.07) is 13.0. The van der Waals surface area contributed by atoms with Crippen molar-refractivity contribution >= 4 is 43.3 Å². The number of pyridine rings is 2. The number of hydrogen-bond acceptors (Lipinski definition) is 6. The van der Waals surface area contributed by atoms with E-state index in [0.717, 1.165) is 77.9 Å². The smallest absolute Gasteiger partial charge is 0.357 e. The van der Waals surface area contributed by atoms with Crippen molar-refractivity contribution in [3.63, 3.8) is 0 Å². The molecule has 1 aliphatic rings. The maximum Gasteiger partial charge on any atom is 0.488 e. The predicted octanol–water partition coefficient (Wildman–Crippen LogP) is 6.62. The summed E-state index contributed by atoms with van der Waals surface area (Å²) < 4.78 is 42.2. The van der Waals surface area contributed by atoms with Gasteiger partial charge in [-0.05, 0) is 67.1 Å². The van der Waals surface area contributed by atoms with Gasteiger partial charge in [0.15, 0.2) is 11.2 Å². The van der Waals surface area contributed by atoms with Crippen LogP contribution in [0.15, 0.2) is 53.6 Å². The van der Waals surface area contributed by atoms with Gasteiger partial charge in [-0.25, -0.2) is 0 Å². The third kappa shape index (κ3) is 4.60. The third-order valence-corrected chi connectivity index (χ3v) is 8.20. The molecule has 1 N–H and O–H groups in total. The zero-order valence-corrected chi connectivity index (χ0v) is 22.7. The Hall–Kier alpha value is -4.23. The number of unbranched alkanes of at least 4 members (excludes halogenated alkanes) is 1. The summed E-state index contributed by atoms with van der Waals surface area (Å²) in [5, 5.41) is 11.4. The number of rotatable bonds is 7. The standard InChI is InChI=1S/C30H27FN4O4S/c1-2-3-6-19-13-25-27(14-24(19)20-12-22(17-33-16-20)39-40(31,37)38)35(21-7-4-5-8-21)30-28(29(25)36)23-10-9-18(15-32)11-26(23)34-30/h9-14,16-17,21,34H,2-8H2,1H3. The lowest BCUT2D eigenvalue weighted by atomic mass is 9.94. The molecule has 0 bridgehead atoms. The highest BCUT2D eigenvalue weighted by Crippen LogP contribution is 2.39. The number of hydrogen-bond donors (Lipinski definition) is 1. The van der Waals surface area contributed by atoms with Crippen molar-refractivity contribution in [2.24, 2.45) is 0 Å². The summed E-state index contributed by atoms with van der Waals surface area (Å²) >= 11 is 0. The van der Waals surface area contributed by atoms with Gasteiger partial charge in [0.2, 0.25) is 0 Å². The second-order valence-electron chi connectivity index (χ2n) is 10.4. The Morgan fingerprint density at radius 3 is 2.67 bits per heavy atom. The van der Waals surface area contributed by atoms with E-state index < -0.39 is 10.5 Å². The molecule has 2 aromatic carbocycles. The molecule has 10 heteroatoms. The van der Waals surface area contributed by atoms with Crippen molar-refractivity contribution in [2.75, 3.05) is 0 Å². The van der Waals surface area contributed by atoms with E-state index in [0.29, 0.717) is 28.3 Å². The van der Waals surface area contributed by atoms with Crippen LogP contribution in [0.4, 0.5) is 3.89 Å². The predicted molar refractivity (Wildman–Crippen MR) is 152 cm³/mol. The molecule has 1 aliphatic carbocycles. The summed E-state index contributed by atoms with van der Waals surface area (Å²) in [5.41, 5.74) is 4.91. The van der Waals surface area contributed by atoms with Crippen LogP contribution in [-0.4, -0.2) is 23.0 Å². The molecular weight excluding hydrogens is 531 g/mol. The summed E-state index contributed by atoms with van der Waals surface area (Å²) in [6.07, 6.45) is 9.34. The molecule has 3 heterocycles. The number of benzene rings is 2. The van der Waals surface area contributed by atoms with E-state index in [-0.39, 0.29) is 17.2 Å². The van der Waals surface area contributed by atoms with E-state index in [2.05, 4.69) is 31.7 Å². The van der Waals surface area contributed by atoms with Gasteiger partial charge in [0, 0.05) is 34.1 Å². The van der Waals surface area contributed by atoms with Crippen LogP contribution in [0.5, 0.6) is 5.75 Å². The molecule has 0 saturated heterocycles. The molecule has 3 aromatic heterocycles. The quantitative estimate of drug-likeness (QED) is 0.224. The van der Waals surface area contributed by atoms with E-state index >= 15 is 0 Å². The van der Waals surface area contributed by atoms with Crippen LogP contribution in [-0.2, 0) is 16.9 Å². The van der Waals surface area contributed by atoms with Crippen LogP contribution in [0.25, 0.3) is 44.0 Å². The summed E-state index contributed by atoms with van der Waals surface area (Å²) in [4.78, 5) is 21.7. The van der Waals surface area contributed by atoms with Gasteiger partial charge in [-0.2, -0.15) is 13.7 Å². The highest BCUT2D eigenvalue weighted by Gasteiger charge is 2.25. The summed E-state index contributed by atoms with van der Waals surface area (Å²) in [5.74, 6) is -0.228. The van der Waals surface area contributed by atoms with E-state index in [1.807, 2.05) is 18.2 Å². The third-order valence-electron chi connectivity index (χ3n) is 7.81. The van der Waals surface area contributed by atoms with Gasteiger partial charge < -0.3 is 13.7 Å². The normalized spacial score (nSPS) is 14.3. The number of halogens is 1. The summed E-state index contributed by atoms with van der Waals surface area (Å²) in [7, 11) is -5.21. The first kappa shape index (κ1) is 26.0. The Bertz CT molecular complexity index is 2000. The van der Waals surface area contributed by atoms with Gasteiger partial charge in [0.05, 0.1) is 28.7 Å². The van der Waals surface area contributed by atoms with Crippen LogP contribution in [0.2, 0.25) is 0 Å². The Morgan fingerprint density at radius 2 is 1.95 bits per heavy atom. The fraction of sp³-hybridized carbons (Fsp3) is 0.300. The van der Waals surface area contributed by atoms with Crippen molar-refractivity contribution in [3.8, 4) is 22.9 Å². The lowest BCUT2D eigenvalue weighted by Crippen LogP contribution is -2.15. The van der Waals surface area contributed by atoms with Crippen molar-refractivity contribution in [1.82, 2.24) is 14.5 Å². The van der Waals surface area contributed by atoms with Gasteiger partial charge in [0.25, 0.3) is 0 Å². The number of H-pyrrole nitrogens is 1. The second kappa shape index (κ2) is 10.1. The van der Waals surface area contributed by atoms with Crippen molar-refractivity contribution in [2.45, 2.75) is 57.9 Å². The molecule has 0 spiro atoms. The number of aromatic amines is 1. The minimum absolute atomic E-state index is 0.0850. The van der Waals surface area contributed by atoms with E-state index in [4.69, 9.17) is 0 Å². The van der Waals surface area contributed by atoms with Gasteiger partial charge in [-0.15, -0.1) is 0 Å². The molecule has 8 nitrogen and oxygen atoms in total. The second-order valence-corrected chi connectivity index (χ2v) is 11.3. The van der Waals surface area contributed by atoms with Gasteiger partial charge in [-0.3, -0.25) is 9.78 Å². The first-order chi connectivity index (χ1) is 19.3. The lowest BCUT2D eigenvalue weighted by molar-refractivity contribution is 0.439. The molecule has 0 aliphatic heterocycles. The minimum atomic E-state index is -5.21. The number of nitrogens with one attached hydrogen (secondary N) is 1. The van der Waals surface area contributed by atoms with Crippen LogP contribution >= 0.6 is 0 Å². The highest BCUT2D eigenvalue weighted by molar-refractivity contribution is 7.81. The molecule has 5 aromatic rings. The zero-order chi connectivity index (χ0) is 28.0. The molecule has 6 rings (SSSR count). The topological polar surface area (TPSA) is 118 Å². The van der Waals surface area contributed by atoms with Crippen LogP contribution < -0.4 is 9.61 Å². The Morgan fingerprint density at radius 1 is 1.15 bits per heavy atom. The van der Waals surface area contributed by atoms with E-state index in [9.17, 15) is 22.4 Å². The summed E-state index contributed by atoms with van der Waals surface area (Å²) in [6.45, 7) is 2.08. The average molecular weight is 559 g/mol. The number of nitriles is 1. The Labute approximate surface area is 230 Å². The molecule has 204 valence electrons. The van der Waals surface area contributed by atoms with Gasteiger partial charge in [-0.1, -0.05) is 36.1 Å². The maximum atomic E-state index is 14.1. The number of nitrogens with zero attached hydrogens (tertiary/aromatic N) is 3. The van der Waals surface area contributed by atoms with Gasteiger partial charge in [0.1, 0.15) is 5.65 Å². The molecule has 1 saturated carbocycles. The Balaban J connectivity index is 1.69. The molecule has 1 fully saturated rings. The molecule has 0 radical (unpaired) electrons. The first-order valence-corrected chi connectivity index (χ1v) is 14.7. The van der Waals surface area contributed by atoms with Crippen LogP contribution in [0.3, 0.4) is 0 Å². The molecule has 0 amide bonds. The fourth-order valence-electron chi connectivity index (χ4n) is 6.04. The van der Waals surface area contributed by atoms with Crippen LogP contribution in [0.1, 0.15) is 62.6 Å². The highest BCUT2D eigenvalue weighted by atomic mass is 32.3. The minimum Gasteiger partial charge on any atom is -0.357 e. The van der Waals surface area contributed by atoms with Crippen molar-refractivity contribution < 1.29 is 16.5 Å².